The lowest BCUT2D eigenvalue weighted by Gasteiger charge is -1.83. The number of hydrogen-bond acceptors (Lipinski definition) is 0. The van der Waals surface area contributed by atoms with Crippen LogP contribution in [0.5, 0.6) is 0 Å². The number of halogens is 2. The van der Waals surface area contributed by atoms with E-state index < -0.39 is 5.13 Å². The SMILES string of the molecule is C[C]1CC1(F)Cl. The third-order valence-corrected chi connectivity index (χ3v) is 1.44. The van der Waals surface area contributed by atoms with Crippen LogP contribution >= 0.6 is 11.6 Å². The predicted molar refractivity (Wildman–Crippen MR) is 23.2 cm³/mol. The highest BCUT2D eigenvalue weighted by molar-refractivity contribution is 6.27. The van der Waals surface area contributed by atoms with Crippen molar-refractivity contribution in [3.63, 3.8) is 0 Å². The van der Waals surface area contributed by atoms with E-state index in [1.807, 2.05) is 0 Å². The lowest BCUT2D eigenvalue weighted by Crippen LogP contribution is -1.83. The van der Waals surface area contributed by atoms with Crippen molar-refractivity contribution in [2.45, 2.75) is 18.5 Å². The Morgan fingerprint density at radius 3 is 2.17 bits per heavy atom. The molecule has 1 unspecified atom stereocenters. The average molecular weight is 108 g/mol. The van der Waals surface area contributed by atoms with Crippen LogP contribution in [0.1, 0.15) is 13.3 Å². The van der Waals surface area contributed by atoms with Gasteiger partial charge in [-0.3, -0.25) is 0 Å². The zero-order valence-electron chi connectivity index (χ0n) is 3.46. The van der Waals surface area contributed by atoms with Gasteiger partial charge in [0.05, 0.1) is 0 Å². The minimum atomic E-state index is -1.40. The van der Waals surface area contributed by atoms with E-state index in [1.165, 1.54) is 0 Å². The van der Waals surface area contributed by atoms with Gasteiger partial charge in [0.15, 0.2) is 5.13 Å². The summed E-state index contributed by atoms with van der Waals surface area (Å²) in [7, 11) is 0. The summed E-state index contributed by atoms with van der Waals surface area (Å²) in [6.45, 7) is 1.72. The highest BCUT2D eigenvalue weighted by Gasteiger charge is 2.51. The molecule has 0 aliphatic heterocycles. The zero-order valence-corrected chi connectivity index (χ0v) is 4.22. The second-order valence-corrected chi connectivity index (χ2v) is 2.26. The Hall–Kier alpha value is 0.220. The molecular formula is C4H5ClF. The lowest BCUT2D eigenvalue weighted by molar-refractivity contribution is 0.435. The van der Waals surface area contributed by atoms with E-state index in [0.717, 1.165) is 5.92 Å². The van der Waals surface area contributed by atoms with Gasteiger partial charge in [0.25, 0.3) is 0 Å². The summed E-state index contributed by atoms with van der Waals surface area (Å²) < 4.78 is 11.9. The molecule has 0 heterocycles. The molecule has 2 heteroatoms. The van der Waals surface area contributed by atoms with Crippen molar-refractivity contribution in [1.29, 1.82) is 0 Å². The summed E-state index contributed by atoms with van der Waals surface area (Å²) in [5.74, 6) is 0.754. The Labute approximate surface area is 41.3 Å². The molecule has 1 fully saturated rings. The van der Waals surface area contributed by atoms with Crippen molar-refractivity contribution in [2.24, 2.45) is 0 Å². The monoisotopic (exact) mass is 107 g/mol. The summed E-state index contributed by atoms with van der Waals surface area (Å²) in [6, 6.07) is 0. The van der Waals surface area contributed by atoms with Gasteiger partial charge in [0, 0.05) is 12.3 Å². The Bertz CT molecular complexity index is 69.9. The first-order valence-corrected chi connectivity index (χ1v) is 2.21. The lowest BCUT2D eigenvalue weighted by atomic mass is 10.5. The van der Waals surface area contributed by atoms with E-state index in [2.05, 4.69) is 0 Å². The maximum absolute atomic E-state index is 11.9. The number of alkyl halides is 2. The third kappa shape index (κ3) is 0.515. The van der Waals surface area contributed by atoms with Gasteiger partial charge >= 0.3 is 0 Å². The van der Waals surface area contributed by atoms with Gasteiger partial charge in [-0.05, 0) is 0 Å². The maximum atomic E-state index is 11.9. The van der Waals surface area contributed by atoms with Crippen LogP contribution in [0, 0.1) is 5.92 Å². The molecule has 0 bridgehead atoms. The highest BCUT2D eigenvalue weighted by atomic mass is 35.5. The molecule has 1 saturated carbocycles. The Morgan fingerprint density at radius 2 is 2.17 bits per heavy atom. The maximum Gasteiger partial charge on any atom is 0.190 e. The molecule has 0 aromatic rings. The van der Waals surface area contributed by atoms with Crippen LogP contribution in [0.4, 0.5) is 4.39 Å². The fraction of sp³-hybridized carbons (Fsp3) is 0.750. The van der Waals surface area contributed by atoms with Crippen LogP contribution in [0.3, 0.4) is 0 Å². The molecule has 0 amide bonds. The minimum Gasteiger partial charge on any atom is -0.226 e. The molecular weight excluding hydrogens is 102 g/mol. The third-order valence-electron chi connectivity index (χ3n) is 0.987. The highest BCUT2D eigenvalue weighted by Crippen LogP contribution is 2.52. The Morgan fingerprint density at radius 1 is 2.00 bits per heavy atom. The van der Waals surface area contributed by atoms with Gasteiger partial charge in [-0.1, -0.05) is 18.5 Å². The molecule has 1 aliphatic rings. The van der Waals surface area contributed by atoms with Crippen LogP contribution in [0.25, 0.3) is 0 Å². The van der Waals surface area contributed by atoms with Crippen LogP contribution in [-0.2, 0) is 0 Å². The molecule has 1 rings (SSSR count). The summed E-state index contributed by atoms with van der Waals surface area (Å²) in [6.07, 6.45) is 0.453. The van der Waals surface area contributed by atoms with Gasteiger partial charge < -0.3 is 0 Å². The fourth-order valence-corrected chi connectivity index (χ4v) is 0.489. The second kappa shape index (κ2) is 0.890. The van der Waals surface area contributed by atoms with Crippen molar-refractivity contribution in [3.05, 3.63) is 5.92 Å². The summed E-state index contributed by atoms with van der Waals surface area (Å²) >= 11 is 5.09. The van der Waals surface area contributed by atoms with Crippen molar-refractivity contribution >= 4 is 11.6 Å². The summed E-state index contributed by atoms with van der Waals surface area (Å²) in [5, 5.41) is -1.40. The summed E-state index contributed by atoms with van der Waals surface area (Å²) in [4.78, 5) is 0. The molecule has 6 heavy (non-hydrogen) atoms. The first-order chi connectivity index (χ1) is 2.63. The summed E-state index contributed by atoms with van der Waals surface area (Å²) in [5.41, 5.74) is 0. The largest absolute Gasteiger partial charge is 0.226 e. The molecule has 0 aromatic carbocycles. The smallest absolute Gasteiger partial charge is 0.190 e. The molecule has 35 valence electrons. The molecule has 1 atom stereocenters. The van der Waals surface area contributed by atoms with Crippen LogP contribution in [0.15, 0.2) is 0 Å². The van der Waals surface area contributed by atoms with Crippen LogP contribution in [0.2, 0.25) is 0 Å². The predicted octanol–water partition coefficient (Wildman–Crippen LogP) is 1.89. The first-order valence-electron chi connectivity index (χ1n) is 1.84. The second-order valence-electron chi connectivity index (χ2n) is 1.66. The van der Waals surface area contributed by atoms with E-state index in [4.69, 9.17) is 11.6 Å². The Balaban J connectivity index is 2.41. The standard InChI is InChI=1S/C4H5ClF/c1-3-2-4(3,5)6/h2H2,1H3. The quantitative estimate of drug-likeness (QED) is 0.415. The van der Waals surface area contributed by atoms with E-state index in [9.17, 15) is 4.39 Å². The molecule has 0 spiro atoms. The van der Waals surface area contributed by atoms with E-state index in [1.54, 1.807) is 6.92 Å². The zero-order chi connectivity index (χ0) is 4.78. The van der Waals surface area contributed by atoms with Crippen LogP contribution in [-0.4, -0.2) is 5.13 Å². The first kappa shape index (κ1) is 4.38. The van der Waals surface area contributed by atoms with Crippen LogP contribution < -0.4 is 0 Å². The minimum absolute atomic E-state index is 0.453. The fourth-order valence-electron chi connectivity index (χ4n) is 0.289. The van der Waals surface area contributed by atoms with Crippen molar-refractivity contribution in [2.75, 3.05) is 0 Å². The molecule has 0 saturated heterocycles. The molecule has 1 aliphatic carbocycles. The van der Waals surface area contributed by atoms with Gasteiger partial charge in [-0.2, -0.15) is 0 Å². The van der Waals surface area contributed by atoms with Gasteiger partial charge in [0.1, 0.15) is 0 Å². The van der Waals surface area contributed by atoms with Gasteiger partial charge in [0.2, 0.25) is 0 Å². The normalized spacial score (nSPS) is 46.5. The van der Waals surface area contributed by atoms with Crippen molar-refractivity contribution in [1.82, 2.24) is 0 Å². The van der Waals surface area contributed by atoms with E-state index >= 15 is 0 Å². The van der Waals surface area contributed by atoms with Crippen molar-refractivity contribution in [3.8, 4) is 0 Å². The average Bonchev–Trinajstić information content (AvgIpc) is 1.73. The number of hydrogen-bond donors (Lipinski definition) is 0. The molecule has 1 radical (unpaired) electrons. The molecule has 0 nitrogen and oxygen atoms in total. The topological polar surface area (TPSA) is 0 Å². The Kier molecular flexibility index (Phi) is 0.650. The van der Waals surface area contributed by atoms with E-state index in [-0.39, 0.29) is 0 Å². The van der Waals surface area contributed by atoms with Gasteiger partial charge in [-0.15, -0.1) is 0 Å². The van der Waals surface area contributed by atoms with E-state index in [0.29, 0.717) is 6.42 Å². The van der Waals surface area contributed by atoms with Crippen molar-refractivity contribution < 1.29 is 4.39 Å². The molecule has 0 N–H and O–H groups in total. The number of rotatable bonds is 0. The molecule has 0 aromatic heterocycles. The van der Waals surface area contributed by atoms with Gasteiger partial charge in [-0.25, -0.2) is 4.39 Å².